The summed E-state index contributed by atoms with van der Waals surface area (Å²) in [4.78, 5) is 21.0. The number of hydrogen-bond acceptors (Lipinski definition) is 4. The number of nitrogens with one attached hydrogen (secondary N) is 2. The normalized spacial score (nSPS) is 11.9. The zero-order chi connectivity index (χ0) is 22.6. The Morgan fingerprint density at radius 2 is 1.70 bits per heavy atom. The number of aromatic amines is 1. The monoisotopic (exact) mass is 437 g/mol. The number of benzene rings is 3. The molecule has 164 valence electrons. The molecule has 5 rings (SSSR count). The second kappa shape index (κ2) is 9.04. The molecule has 3 aromatic carbocycles. The highest BCUT2D eigenvalue weighted by Gasteiger charge is 2.23. The lowest BCUT2D eigenvalue weighted by Crippen LogP contribution is -2.28. The zero-order valence-electron chi connectivity index (χ0n) is 18.1. The van der Waals surface area contributed by atoms with Gasteiger partial charge in [0.2, 0.25) is 0 Å². The van der Waals surface area contributed by atoms with Gasteiger partial charge in [-0.15, -0.1) is 0 Å². The number of imidazole rings is 1. The molecule has 2 heterocycles. The van der Waals surface area contributed by atoms with Crippen LogP contribution in [0.15, 0.2) is 95.5 Å². The van der Waals surface area contributed by atoms with Gasteiger partial charge in [-0.25, -0.2) is 4.98 Å². The summed E-state index contributed by atoms with van der Waals surface area (Å²) in [7, 11) is 0. The second-order valence-corrected chi connectivity index (χ2v) is 7.75. The quantitative estimate of drug-likeness (QED) is 0.333. The smallest absolute Gasteiger partial charge is 0.288 e. The van der Waals surface area contributed by atoms with Gasteiger partial charge in [0.15, 0.2) is 5.76 Å². The topological polar surface area (TPSA) is 80.2 Å². The summed E-state index contributed by atoms with van der Waals surface area (Å²) in [6, 6.07) is 26.7. The van der Waals surface area contributed by atoms with Gasteiger partial charge in [0.1, 0.15) is 23.8 Å². The molecule has 0 fully saturated rings. The summed E-state index contributed by atoms with van der Waals surface area (Å²) < 4.78 is 11.9. The average molecular weight is 437 g/mol. The Bertz CT molecular complexity index is 1370. The maximum absolute atomic E-state index is 13.2. The van der Waals surface area contributed by atoms with E-state index in [-0.39, 0.29) is 24.3 Å². The molecule has 0 spiro atoms. The van der Waals surface area contributed by atoms with E-state index in [1.54, 1.807) is 6.20 Å². The predicted octanol–water partition coefficient (Wildman–Crippen LogP) is 5.89. The van der Waals surface area contributed by atoms with Crippen LogP contribution in [0.3, 0.4) is 0 Å². The fourth-order valence-electron chi connectivity index (χ4n) is 3.75. The van der Waals surface area contributed by atoms with E-state index >= 15 is 0 Å². The number of ether oxygens (including phenoxy) is 1. The Hall–Kier alpha value is -4.32. The molecule has 1 amide bonds. The van der Waals surface area contributed by atoms with Crippen molar-refractivity contribution in [3.05, 3.63) is 108 Å². The number of furan rings is 1. The van der Waals surface area contributed by atoms with Crippen molar-refractivity contribution in [3.8, 4) is 17.0 Å². The van der Waals surface area contributed by atoms with Crippen molar-refractivity contribution in [1.82, 2.24) is 15.3 Å². The van der Waals surface area contributed by atoms with Crippen LogP contribution < -0.4 is 10.1 Å². The largest absolute Gasteiger partial charge is 0.489 e. The van der Waals surface area contributed by atoms with Gasteiger partial charge in [-0.2, -0.15) is 0 Å². The molecule has 33 heavy (non-hydrogen) atoms. The molecule has 2 N–H and O–H groups in total. The summed E-state index contributed by atoms with van der Waals surface area (Å²) in [6.45, 7) is 2.10. The highest BCUT2D eigenvalue weighted by atomic mass is 16.5. The van der Waals surface area contributed by atoms with Crippen molar-refractivity contribution in [1.29, 1.82) is 0 Å². The van der Waals surface area contributed by atoms with E-state index in [0.29, 0.717) is 17.0 Å². The molecular formula is C27H23N3O3. The Labute approximate surface area is 191 Å². The summed E-state index contributed by atoms with van der Waals surface area (Å²) in [6.07, 6.45) is 1.77. The molecule has 0 aliphatic rings. The molecule has 0 aliphatic carbocycles. The Morgan fingerprint density at radius 3 is 2.48 bits per heavy atom. The maximum atomic E-state index is 13.2. The number of para-hydroxylation sites is 2. The average Bonchev–Trinajstić information content (AvgIpc) is 3.50. The SMILES string of the molecule is CC(NC(=O)c1oc2ccccc2c1COc1ccccc1)c1ncc(-c2ccccc2)[nH]1. The first-order valence-corrected chi connectivity index (χ1v) is 10.8. The van der Waals surface area contributed by atoms with Gasteiger partial charge in [0.25, 0.3) is 5.91 Å². The minimum Gasteiger partial charge on any atom is -0.489 e. The Balaban J connectivity index is 1.37. The molecule has 1 unspecified atom stereocenters. The number of carbonyl (C=O) groups is 1. The first-order valence-electron chi connectivity index (χ1n) is 10.8. The van der Waals surface area contributed by atoms with Crippen molar-refractivity contribution in [2.45, 2.75) is 19.6 Å². The minimum absolute atomic E-state index is 0.219. The van der Waals surface area contributed by atoms with Crippen LogP contribution in [0, 0.1) is 0 Å². The number of carbonyl (C=O) groups excluding carboxylic acids is 1. The van der Waals surface area contributed by atoms with Gasteiger partial charge in [-0.05, 0) is 30.7 Å². The Morgan fingerprint density at radius 1 is 1.00 bits per heavy atom. The van der Waals surface area contributed by atoms with Crippen molar-refractivity contribution in [2.24, 2.45) is 0 Å². The molecular weight excluding hydrogens is 414 g/mol. The van der Waals surface area contributed by atoms with Crippen LogP contribution in [0.4, 0.5) is 0 Å². The van der Waals surface area contributed by atoms with E-state index in [2.05, 4.69) is 15.3 Å². The van der Waals surface area contributed by atoms with Crippen LogP contribution in [-0.2, 0) is 6.61 Å². The van der Waals surface area contributed by atoms with Crippen LogP contribution in [0.2, 0.25) is 0 Å². The first kappa shape index (κ1) is 20.6. The maximum Gasteiger partial charge on any atom is 0.288 e. The van der Waals surface area contributed by atoms with Crippen LogP contribution in [-0.4, -0.2) is 15.9 Å². The van der Waals surface area contributed by atoms with Crippen LogP contribution in [0.5, 0.6) is 5.75 Å². The molecule has 1 atom stereocenters. The van der Waals surface area contributed by atoms with Crippen molar-refractivity contribution < 1.29 is 13.9 Å². The lowest BCUT2D eigenvalue weighted by Gasteiger charge is -2.12. The van der Waals surface area contributed by atoms with Gasteiger partial charge in [-0.1, -0.05) is 66.7 Å². The zero-order valence-corrected chi connectivity index (χ0v) is 18.1. The predicted molar refractivity (Wildman–Crippen MR) is 127 cm³/mol. The lowest BCUT2D eigenvalue weighted by atomic mass is 10.1. The number of aromatic nitrogens is 2. The van der Waals surface area contributed by atoms with Crippen molar-refractivity contribution in [2.75, 3.05) is 0 Å². The standard InChI is InChI=1S/C27H23N3O3/c1-18(26-28-16-23(30-26)19-10-4-2-5-11-19)29-27(31)25-22(17-32-20-12-6-3-7-13-20)21-14-8-9-15-24(21)33-25/h2-16,18H,17H2,1H3,(H,28,30)(H,29,31). The lowest BCUT2D eigenvalue weighted by molar-refractivity contribution is 0.0909. The van der Waals surface area contributed by atoms with E-state index in [0.717, 1.165) is 22.4 Å². The van der Waals surface area contributed by atoms with Crippen molar-refractivity contribution in [3.63, 3.8) is 0 Å². The third-order valence-corrected chi connectivity index (χ3v) is 5.47. The minimum atomic E-state index is -0.342. The van der Waals surface area contributed by atoms with E-state index in [9.17, 15) is 4.79 Å². The molecule has 6 nitrogen and oxygen atoms in total. The van der Waals surface area contributed by atoms with Gasteiger partial charge in [-0.3, -0.25) is 4.79 Å². The summed E-state index contributed by atoms with van der Waals surface area (Å²) >= 11 is 0. The third kappa shape index (κ3) is 4.36. The fourth-order valence-corrected chi connectivity index (χ4v) is 3.75. The molecule has 0 bridgehead atoms. The number of H-pyrrole nitrogens is 1. The van der Waals surface area contributed by atoms with Crippen LogP contribution >= 0.6 is 0 Å². The number of nitrogens with zero attached hydrogens (tertiary/aromatic N) is 1. The number of hydrogen-bond donors (Lipinski definition) is 2. The highest BCUT2D eigenvalue weighted by Crippen LogP contribution is 2.28. The molecule has 0 radical (unpaired) electrons. The Kier molecular flexibility index (Phi) is 5.64. The van der Waals surface area contributed by atoms with Gasteiger partial charge in [0, 0.05) is 10.9 Å². The van der Waals surface area contributed by atoms with E-state index < -0.39 is 0 Å². The molecule has 2 aromatic heterocycles. The van der Waals surface area contributed by atoms with E-state index in [1.807, 2.05) is 91.9 Å². The first-order chi connectivity index (χ1) is 16.2. The van der Waals surface area contributed by atoms with Crippen molar-refractivity contribution >= 4 is 16.9 Å². The molecule has 0 saturated heterocycles. The van der Waals surface area contributed by atoms with Crippen LogP contribution in [0.1, 0.15) is 34.9 Å². The van der Waals surface area contributed by atoms with Gasteiger partial charge in [0.05, 0.1) is 17.9 Å². The molecule has 6 heteroatoms. The third-order valence-electron chi connectivity index (χ3n) is 5.47. The fraction of sp³-hybridized carbons (Fsp3) is 0.111. The highest BCUT2D eigenvalue weighted by molar-refractivity contribution is 5.99. The second-order valence-electron chi connectivity index (χ2n) is 7.75. The summed E-state index contributed by atoms with van der Waals surface area (Å²) in [5.74, 6) is 1.32. The number of rotatable bonds is 7. The van der Waals surface area contributed by atoms with E-state index in [1.165, 1.54) is 0 Å². The summed E-state index contributed by atoms with van der Waals surface area (Å²) in [5.41, 5.74) is 3.29. The number of fused-ring (bicyclic) bond motifs is 1. The van der Waals surface area contributed by atoms with E-state index in [4.69, 9.17) is 9.15 Å². The summed E-state index contributed by atoms with van der Waals surface area (Å²) in [5, 5.41) is 3.85. The molecule has 0 aliphatic heterocycles. The molecule has 0 saturated carbocycles. The van der Waals surface area contributed by atoms with Gasteiger partial charge < -0.3 is 19.5 Å². The van der Waals surface area contributed by atoms with Gasteiger partial charge >= 0.3 is 0 Å². The van der Waals surface area contributed by atoms with Crippen LogP contribution in [0.25, 0.3) is 22.2 Å². The number of amides is 1. The molecule has 5 aromatic rings.